The van der Waals surface area contributed by atoms with Crippen molar-refractivity contribution in [3.8, 4) is 0 Å². The zero-order valence-corrected chi connectivity index (χ0v) is 13.3. The van der Waals surface area contributed by atoms with Crippen LogP contribution >= 0.6 is 0 Å². The van der Waals surface area contributed by atoms with Gasteiger partial charge in [0.2, 0.25) is 0 Å². The lowest BCUT2D eigenvalue weighted by molar-refractivity contribution is -0.110. The van der Waals surface area contributed by atoms with Gasteiger partial charge >= 0.3 is 0 Å². The Kier molecular flexibility index (Phi) is 4.53. The number of allylic oxidation sites excluding steroid dienone is 1. The standard InChI is InChI=1S/C19H18FN3O/c1-12-6-7-16(20)15(10-12)18(22-9-8-21)11-14-13-4-2-3-5-17(13)23-19(14)24/h2-7,10-11H,8-9,21H2,1H3,(H,23,24)/b14-11+,22-18?. The zero-order valence-electron chi connectivity index (χ0n) is 13.3. The Balaban J connectivity index is 2.11. The molecule has 1 aliphatic rings. The molecule has 5 heteroatoms. The minimum absolute atomic E-state index is 0.218. The number of nitrogens with zero attached hydrogens (tertiary/aromatic N) is 1. The van der Waals surface area contributed by atoms with E-state index in [1.165, 1.54) is 6.07 Å². The van der Waals surface area contributed by atoms with E-state index in [-0.39, 0.29) is 11.7 Å². The second kappa shape index (κ2) is 6.76. The van der Waals surface area contributed by atoms with Gasteiger partial charge in [-0.05, 0) is 31.2 Å². The van der Waals surface area contributed by atoms with E-state index in [0.29, 0.717) is 29.9 Å². The molecule has 3 rings (SSSR count). The van der Waals surface area contributed by atoms with Crippen LogP contribution in [-0.4, -0.2) is 24.7 Å². The van der Waals surface area contributed by atoms with Gasteiger partial charge in [0, 0.05) is 23.4 Å². The maximum atomic E-state index is 14.3. The van der Waals surface area contributed by atoms with Gasteiger partial charge in [0.1, 0.15) is 5.82 Å². The number of aliphatic imine (C=N–C) groups is 1. The van der Waals surface area contributed by atoms with Crippen molar-refractivity contribution in [3.63, 3.8) is 0 Å². The fraction of sp³-hybridized carbons (Fsp3) is 0.158. The Morgan fingerprint density at radius 3 is 2.88 bits per heavy atom. The van der Waals surface area contributed by atoms with Gasteiger partial charge in [-0.15, -0.1) is 0 Å². The van der Waals surface area contributed by atoms with Crippen molar-refractivity contribution in [1.82, 2.24) is 0 Å². The predicted octanol–water partition coefficient (Wildman–Crippen LogP) is 2.92. The van der Waals surface area contributed by atoms with Crippen molar-refractivity contribution in [2.45, 2.75) is 6.92 Å². The van der Waals surface area contributed by atoms with Crippen molar-refractivity contribution in [2.75, 3.05) is 18.4 Å². The van der Waals surface area contributed by atoms with E-state index in [4.69, 9.17) is 5.73 Å². The number of nitrogens with one attached hydrogen (secondary N) is 1. The summed E-state index contributed by atoms with van der Waals surface area (Å²) in [6, 6.07) is 12.2. The summed E-state index contributed by atoms with van der Waals surface area (Å²) in [4.78, 5) is 16.7. The molecule has 0 fully saturated rings. The molecule has 0 saturated carbocycles. The third-order valence-corrected chi connectivity index (χ3v) is 3.80. The normalized spacial score (nSPS) is 15.5. The third-order valence-electron chi connectivity index (χ3n) is 3.80. The highest BCUT2D eigenvalue weighted by atomic mass is 19.1. The van der Waals surface area contributed by atoms with Crippen LogP contribution in [0.2, 0.25) is 0 Å². The number of benzene rings is 2. The van der Waals surface area contributed by atoms with Crippen LogP contribution < -0.4 is 11.1 Å². The van der Waals surface area contributed by atoms with E-state index < -0.39 is 0 Å². The Morgan fingerprint density at radius 1 is 1.29 bits per heavy atom. The van der Waals surface area contributed by atoms with Crippen molar-refractivity contribution < 1.29 is 9.18 Å². The van der Waals surface area contributed by atoms with E-state index in [1.54, 1.807) is 18.2 Å². The maximum Gasteiger partial charge on any atom is 0.256 e. The molecule has 2 aromatic carbocycles. The average molecular weight is 323 g/mol. The van der Waals surface area contributed by atoms with Gasteiger partial charge in [0.05, 0.1) is 17.8 Å². The van der Waals surface area contributed by atoms with Crippen molar-refractivity contribution in [2.24, 2.45) is 10.7 Å². The second-order valence-electron chi connectivity index (χ2n) is 5.60. The number of aryl methyl sites for hydroxylation is 1. The molecule has 3 N–H and O–H groups in total. The number of nitrogens with two attached hydrogens (primary N) is 1. The molecule has 2 aromatic rings. The highest BCUT2D eigenvalue weighted by molar-refractivity contribution is 6.35. The highest BCUT2D eigenvalue weighted by Crippen LogP contribution is 2.31. The van der Waals surface area contributed by atoms with Gasteiger partial charge in [-0.2, -0.15) is 0 Å². The number of para-hydroxylation sites is 1. The summed E-state index contributed by atoms with van der Waals surface area (Å²) in [5.41, 5.74) is 9.25. The summed E-state index contributed by atoms with van der Waals surface area (Å²) >= 11 is 0. The maximum absolute atomic E-state index is 14.3. The molecule has 24 heavy (non-hydrogen) atoms. The molecule has 122 valence electrons. The lowest BCUT2D eigenvalue weighted by Crippen LogP contribution is -2.10. The monoisotopic (exact) mass is 323 g/mol. The van der Waals surface area contributed by atoms with E-state index in [2.05, 4.69) is 10.3 Å². The number of halogens is 1. The third kappa shape index (κ3) is 3.12. The van der Waals surface area contributed by atoms with Crippen LogP contribution in [0, 0.1) is 12.7 Å². The highest BCUT2D eigenvalue weighted by Gasteiger charge is 2.24. The quantitative estimate of drug-likeness (QED) is 0.671. The number of carbonyl (C=O) groups is 1. The lowest BCUT2D eigenvalue weighted by Gasteiger charge is -2.07. The molecule has 0 unspecified atom stereocenters. The molecule has 0 aliphatic carbocycles. The number of hydrogen-bond donors (Lipinski definition) is 2. The predicted molar refractivity (Wildman–Crippen MR) is 94.6 cm³/mol. The van der Waals surface area contributed by atoms with Gasteiger partial charge in [-0.25, -0.2) is 4.39 Å². The molecule has 1 amide bonds. The number of amides is 1. The minimum atomic E-state index is -0.375. The van der Waals surface area contributed by atoms with Crippen LogP contribution in [0.1, 0.15) is 16.7 Å². The molecule has 0 bridgehead atoms. The molecule has 0 aromatic heterocycles. The number of rotatable bonds is 4. The number of carbonyl (C=O) groups excluding carboxylic acids is 1. The molecule has 1 aliphatic heterocycles. The largest absolute Gasteiger partial charge is 0.329 e. The number of fused-ring (bicyclic) bond motifs is 1. The zero-order chi connectivity index (χ0) is 17.1. The fourth-order valence-electron chi connectivity index (χ4n) is 2.65. The second-order valence-corrected chi connectivity index (χ2v) is 5.60. The Morgan fingerprint density at radius 2 is 2.08 bits per heavy atom. The summed E-state index contributed by atoms with van der Waals surface area (Å²) in [5, 5.41) is 2.81. The summed E-state index contributed by atoms with van der Waals surface area (Å²) in [5.74, 6) is -0.593. The lowest BCUT2D eigenvalue weighted by atomic mass is 10.0. The molecule has 0 atom stereocenters. The summed E-state index contributed by atoms with van der Waals surface area (Å²) in [7, 11) is 0. The summed E-state index contributed by atoms with van der Waals surface area (Å²) in [6.07, 6.45) is 1.63. The SMILES string of the molecule is Cc1ccc(F)c(C(/C=C2/C(=O)Nc3ccccc32)=NCCN)c1. The Labute approximate surface area is 139 Å². The van der Waals surface area contributed by atoms with Gasteiger partial charge in [-0.3, -0.25) is 9.79 Å². The molecule has 0 radical (unpaired) electrons. The summed E-state index contributed by atoms with van der Waals surface area (Å²) < 4.78 is 14.3. The molecule has 0 spiro atoms. The van der Waals surface area contributed by atoms with Crippen LogP contribution in [0.25, 0.3) is 5.57 Å². The van der Waals surface area contributed by atoms with Crippen LogP contribution in [-0.2, 0) is 4.79 Å². The van der Waals surface area contributed by atoms with Crippen molar-refractivity contribution in [3.05, 3.63) is 71.0 Å². The minimum Gasteiger partial charge on any atom is -0.329 e. The first kappa shape index (κ1) is 16.1. The van der Waals surface area contributed by atoms with E-state index >= 15 is 0 Å². The molecular weight excluding hydrogens is 305 g/mol. The first-order valence-corrected chi connectivity index (χ1v) is 7.73. The molecular formula is C19H18FN3O. The van der Waals surface area contributed by atoms with Gasteiger partial charge in [-0.1, -0.05) is 29.8 Å². The Bertz CT molecular complexity index is 855. The van der Waals surface area contributed by atoms with Gasteiger partial charge < -0.3 is 11.1 Å². The van der Waals surface area contributed by atoms with Crippen LogP contribution in [0.3, 0.4) is 0 Å². The van der Waals surface area contributed by atoms with Crippen LogP contribution in [0.5, 0.6) is 0 Å². The van der Waals surface area contributed by atoms with Crippen LogP contribution in [0.4, 0.5) is 10.1 Å². The van der Waals surface area contributed by atoms with Crippen molar-refractivity contribution in [1.29, 1.82) is 0 Å². The van der Waals surface area contributed by atoms with Crippen LogP contribution in [0.15, 0.2) is 53.5 Å². The van der Waals surface area contributed by atoms with E-state index in [1.807, 2.05) is 31.2 Å². The first-order valence-electron chi connectivity index (χ1n) is 7.73. The smallest absolute Gasteiger partial charge is 0.256 e. The number of anilines is 1. The first-order chi connectivity index (χ1) is 11.6. The topological polar surface area (TPSA) is 67.5 Å². The van der Waals surface area contributed by atoms with E-state index in [0.717, 1.165) is 16.8 Å². The average Bonchev–Trinajstić information content (AvgIpc) is 2.89. The van der Waals surface area contributed by atoms with E-state index in [9.17, 15) is 9.18 Å². The Hall–Kier alpha value is -2.79. The van der Waals surface area contributed by atoms with Gasteiger partial charge in [0.25, 0.3) is 5.91 Å². The molecule has 4 nitrogen and oxygen atoms in total. The van der Waals surface area contributed by atoms with Crippen molar-refractivity contribution >= 4 is 22.9 Å². The molecule has 0 saturated heterocycles. The molecule has 1 heterocycles. The fourth-order valence-corrected chi connectivity index (χ4v) is 2.65. The van der Waals surface area contributed by atoms with Gasteiger partial charge in [0.15, 0.2) is 0 Å². The summed E-state index contributed by atoms with van der Waals surface area (Å²) in [6.45, 7) is 2.59. The number of hydrogen-bond acceptors (Lipinski definition) is 3.